The van der Waals surface area contributed by atoms with Crippen molar-refractivity contribution < 1.29 is 9.22 Å². The van der Waals surface area contributed by atoms with E-state index >= 15 is 0 Å². The molecule has 0 saturated carbocycles. The first-order valence-corrected chi connectivity index (χ1v) is 26.1. The Hall–Kier alpha value is -0.666. The summed E-state index contributed by atoms with van der Waals surface area (Å²) < 4.78 is 6.64. The third kappa shape index (κ3) is 14.6. The molecule has 1 fully saturated rings. The van der Waals surface area contributed by atoms with E-state index in [9.17, 15) is 4.79 Å². The Kier molecular flexibility index (Phi) is 15.4. The molecule has 2 unspecified atom stereocenters. The Morgan fingerprint density at radius 3 is 1.57 bits per heavy atom. The van der Waals surface area contributed by atoms with Crippen molar-refractivity contribution in [2.75, 3.05) is 14.1 Å². The molecule has 4 aliphatic rings. The van der Waals surface area contributed by atoms with E-state index in [2.05, 4.69) is 136 Å². The van der Waals surface area contributed by atoms with Crippen LogP contribution in [0.5, 0.6) is 0 Å². The van der Waals surface area contributed by atoms with Crippen molar-refractivity contribution in [3.63, 3.8) is 0 Å². The fourth-order valence-corrected chi connectivity index (χ4v) is 11.2. The van der Waals surface area contributed by atoms with Crippen LogP contribution in [0.15, 0.2) is 36.1 Å². The highest BCUT2D eigenvalue weighted by atomic mass is 35.6. The molecule has 0 bridgehead atoms. The minimum absolute atomic E-state index is 0.0266. The van der Waals surface area contributed by atoms with Crippen molar-refractivity contribution in [3.05, 3.63) is 36.1 Å². The van der Waals surface area contributed by atoms with Crippen LogP contribution in [0.1, 0.15) is 126 Å². The summed E-state index contributed by atoms with van der Waals surface area (Å²) in [5, 5.41) is 0. The minimum Gasteiger partial charge on any atom is -0.547 e. The zero-order valence-electron chi connectivity index (χ0n) is 33.3. The fraction of sp³-hybridized carbons (Fsp3) is 0.825. The number of carbonyl (C=O) groups excluding carboxylic acids is 1. The molecule has 0 spiro atoms. The first kappa shape index (κ1) is 42.5. The second kappa shape index (κ2) is 17.0. The van der Waals surface area contributed by atoms with E-state index in [1.807, 2.05) is 0 Å². The third-order valence-corrected chi connectivity index (χ3v) is 15.8. The van der Waals surface area contributed by atoms with Gasteiger partial charge in [0.2, 0.25) is 8.32 Å². The maximum atomic E-state index is 11.4. The third-order valence-electron chi connectivity index (χ3n) is 11.4. The van der Waals surface area contributed by atoms with Gasteiger partial charge in [-0.3, -0.25) is 14.6 Å². The Morgan fingerprint density at radius 2 is 1.17 bits per heavy atom. The number of ketones is 1. The van der Waals surface area contributed by atoms with Crippen molar-refractivity contribution in [3.8, 4) is 0 Å². The topological polar surface area (TPSA) is 32.8 Å². The summed E-state index contributed by atoms with van der Waals surface area (Å²) in [5.74, 6) is 3.44. The summed E-state index contributed by atoms with van der Waals surface area (Å²) >= 11 is 6.27. The number of rotatable bonds is 8. The normalized spacial score (nSPS) is 27.1. The van der Waals surface area contributed by atoms with Gasteiger partial charge in [-0.1, -0.05) is 43.8 Å². The minimum atomic E-state index is -1.63. The number of piperidine rings is 1. The van der Waals surface area contributed by atoms with E-state index < -0.39 is 15.7 Å². The first-order chi connectivity index (χ1) is 21.4. The van der Waals surface area contributed by atoms with Crippen LogP contribution in [0.4, 0.5) is 0 Å². The smallest absolute Gasteiger partial charge is 0.244 e. The Balaban J connectivity index is 0.000000270. The molecule has 1 saturated heterocycles. The molecule has 7 heteroatoms. The van der Waals surface area contributed by atoms with Gasteiger partial charge in [0.05, 0.1) is 5.76 Å². The molecule has 2 aliphatic heterocycles. The van der Waals surface area contributed by atoms with E-state index in [0.717, 1.165) is 18.3 Å². The van der Waals surface area contributed by atoms with Gasteiger partial charge in [-0.25, -0.2) is 0 Å². The van der Waals surface area contributed by atoms with Crippen molar-refractivity contribution in [2.45, 2.75) is 186 Å². The van der Waals surface area contributed by atoms with E-state index in [0.29, 0.717) is 18.6 Å². The maximum absolute atomic E-state index is 11.4. The molecule has 2 atom stereocenters. The molecular formula is C40H75ClN2O2Si2. The summed E-state index contributed by atoms with van der Waals surface area (Å²) in [6.07, 6.45) is 24.7. The first-order valence-electron chi connectivity index (χ1n) is 18.7. The zero-order chi connectivity index (χ0) is 35.9. The van der Waals surface area contributed by atoms with Crippen LogP contribution in [0, 0.1) is 11.8 Å². The van der Waals surface area contributed by atoms with Crippen LogP contribution in [-0.4, -0.2) is 67.5 Å². The molecule has 272 valence electrons. The van der Waals surface area contributed by atoms with Gasteiger partial charge in [0.25, 0.3) is 0 Å². The average molecular weight is 708 g/mol. The number of allylic oxidation sites excluding steroid dienone is 4. The molecule has 4 rings (SSSR count). The number of carbonyl (C=O) groups is 1. The van der Waals surface area contributed by atoms with E-state index in [1.165, 1.54) is 69.2 Å². The quantitative estimate of drug-likeness (QED) is 0.143. The second-order valence-electron chi connectivity index (χ2n) is 18.8. The van der Waals surface area contributed by atoms with Gasteiger partial charge in [0.15, 0.2) is 7.38 Å². The van der Waals surface area contributed by atoms with Crippen LogP contribution < -0.4 is 0 Å². The summed E-state index contributed by atoms with van der Waals surface area (Å²) in [6, 6.07) is 2.56. The van der Waals surface area contributed by atoms with Crippen LogP contribution in [-0.2, 0) is 9.22 Å². The number of hydrogen-bond donors (Lipinski definition) is 0. The summed E-state index contributed by atoms with van der Waals surface area (Å²) in [6.45, 7) is 27.0. The monoisotopic (exact) mass is 707 g/mol. The molecule has 2 heterocycles. The van der Waals surface area contributed by atoms with Gasteiger partial charge in [0.1, 0.15) is 5.78 Å². The van der Waals surface area contributed by atoms with E-state index in [-0.39, 0.29) is 22.2 Å². The molecule has 0 aromatic carbocycles. The highest BCUT2D eigenvalue weighted by Gasteiger charge is 2.42. The number of Topliss-reactive ketones (excluding diaryl/α,β-unsaturated/α-hetero) is 1. The lowest BCUT2D eigenvalue weighted by atomic mass is 9.80. The van der Waals surface area contributed by atoms with Gasteiger partial charge >= 0.3 is 0 Å². The Morgan fingerprint density at radius 1 is 0.723 bits per heavy atom. The average Bonchev–Trinajstić information content (AvgIpc) is 2.93. The molecule has 0 amide bonds. The lowest BCUT2D eigenvalue weighted by Gasteiger charge is -2.50. The Bertz CT molecular complexity index is 1080. The molecular weight excluding hydrogens is 632 g/mol. The van der Waals surface area contributed by atoms with Gasteiger partial charge in [-0.15, -0.1) is 0 Å². The summed E-state index contributed by atoms with van der Waals surface area (Å²) in [4.78, 5) is 16.2. The molecule has 47 heavy (non-hydrogen) atoms. The highest BCUT2D eigenvalue weighted by molar-refractivity contribution is 7.19. The number of nitrogens with zero attached hydrogens (tertiary/aromatic N) is 2. The fourth-order valence-electron chi connectivity index (χ4n) is 7.76. The van der Waals surface area contributed by atoms with Crippen molar-refractivity contribution in [1.29, 1.82) is 0 Å². The number of likely N-dealkylation sites (tertiary alicyclic amines) is 1. The maximum Gasteiger partial charge on any atom is 0.244 e. The predicted octanol–water partition coefficient (Wildman–Crippen LogP) is 11.7. The SMILES string of the molecule is CN1C(C)(C)C=C(O[Si](C)(C)CCC2CC=CCC2)CC1(C)C.CN1C(C)(C)CC(=O)CC1(C)C.C[Si](C)(Cl)CCC1CC=CCC1. The summed E-state index contributed by atoms with van der Waals surface area (Å²) in [7, 11) is 1.41. The number of halogens is 1. The van der Waals surface area contributed by atoms with E-state index in [1.54, 1.807) is 0 Å². The number of hydrogen-bond acceptors (Lipinski definition) is 4. The molecule has 2 aliphatic carbocycles. The van der Waals surface area contributed by atoms with Gasteiger partial charge < -0.3 is 4.43 Å². The predicted molar refractivity (Wildman–Crippen MR) is 212 cm³/mol. The van der Waals surface area contributed by atoms with Crippen molar-refractivity contribution in [1.82, 2.24) is 9.80 Å². The van der Waals surface area contributed by atoms with Crippen LogP contribution >= 0.6 is 11.1 Å². The lowest BCUT2D eigenvalue weighted by Crippen LogP contribution is -2.58. The molecule has 0 aromatic heterocycles. The van der Waals surface area contributed by atoms with E-state index in [4.69, 9.17) is 15.5 Å². The summed E-state index contributed by atoms with van der Waals surface area (Å²) in [5.41, 5.74) is 0.277. The van der Waals surface area contributed by atoms with Gasteiger partial charge in [-0.05, 0) is 158 Å². The second-order valence-corrected chi connectivity index (χ2v) is 30.1. The molecule has 0 radical (unpaired) electrons. The standard InChI is InChI=1S/C20H37NOSi.C10H19ClSi.C10H19NO/c1-19(2)15-18(16-20(3,4)21(19)5)22-23(6,7)14-13-17-11-9-8-10-12-17;1-12(2,11)9-8-10-6-4-3-5-7-10;1-9(2)6-8(12)7-10(3,4)11(9)5/h8-9,15,17H,10-14,16H2,1-7H3;3-4,10H,5-9H2,1-2H3;6-7H2,1-5H3. The molecule has 0 aromatic rings. The number of likely N-dealkylation sites (N-methyl/N-ethyl adjacent to an activating group) is 1. The van der Waals surface area contributed by atoms with Gasteiger partial charge in [0, 0.05) is 41.4 Å². The van der Waals surface area contributed by atoms with Crippen LogP contribution in [0.2, 0.25) is 38.3 Å². The van der Waals surface area contributed by atoms with Crippen LogP contribution in [0.25, 0.3) is 0 Å². The molecule has 4 nitrogen and oxygen atoms in total. The van der Waals surface area contributed by atoms with Gasteiger partial charge in [-0.2, -0.15) is 11.1 Å². The highest BCUT2D eigenvalue weighted by Crippen LogP contribution is 2.38. The largest absolute Gasteiger partial charge is 0.547 e. The van der Waals surface area contributed by atoms with Crippen LogP contribution in [0.3, 0.4) is 0 Å². The lowest BCUT2D eigenvalue weighted by molar-refractivity contribution is -0.131. The molecule has 0 N–H and O–H groups in total. The van der Waals surface area contributed by atoms with Crippen molar-refractivity contribution >= 4 is 32.6 Å². The Labute approximate surface area is 299 Å². The zero-order valence-corrected chi connectivity index (χ0v) is 36.1. The van der Waals surface area contributed by atoms with Crippen molar-refractivity contribution in [2.24, 2.45) is 11.8 Å².